The van der Waals surface area contributed by atoms with Crippen molar-refractivity contribution in [3.8, 4) is 12.3 Å². The molecule has 0 saturated carbocycles. The van der Waals surface area contributed by atoms with Gasteiger partial charge in [0.2, 0.25) is 0 Å². The third kappa shape index (κ3) is 3.38. The summed E-state index contributed by atoms with van der Waals surface area (Å²) < 4.78 is 5.55. The molecule has 1 heterocycles. The standard InChI is InChI=1S/C11H18O2/c1-3-4-5-6-10(12)11-8-7-9(2)13-11/h1,9-12H,4-8H2,2H3. The summed E-state index contributed by atoms with van der Waals surface area (Å²) in [4.78, 5) is 0. The molecular weight excluding hydrogens is 164 g/mol. The first-order valence-electron chi connectivity index (χ1n) is 5.01. The van der Waals surface area contributed by atoms with Crippen LogP contribution in [0.15, 0.2) is 0 Å². The van der Waals surface area contributed by atoms with Crippen molar-refractivity contribution < 1.29 is 9.84 Å². The topological polar surface area (TPSA) is 29.5 Å². The molecule has 1 saturated heterocycles. The van der Waals surface area contributed by atoms with E-state index in [1.165, 1.54) is 0 Å². The zero-order chi connectivity index (χ0) is 9.68. The summed E-state index contributed by atoms with van der Waals surface area (Å²) in [6, 6.07) is 0. The van der Waals surface area contributed by atoms with Crippen molar-refractivity contribution in [2.75, 3.05) is 0 Å². The molecule has 74 valence electrons. The predicted molar refractivity (Wildman–Crippen MR) is 52.3 cm³/mol. The first-order valence-corrected chi connectivity index (χ1v) is 5.01. The monoisotopic (exact) mass is 182 g/mol. The van der Waals surface area contributed by atoms with Crippen molar-refractivity contribution in [1.29, 1.82) is 0 Å². The van der Waals surface area contributed by atoms with Crippen molar-refractivity contribution in [2.24, 2.45) is 0 Å². The number of terminal acetylenes is 1. The highest BCUT2D eigenvalue weighted by Crippen LogP contribution is 2.23. The summed E-state index contributed by atoms with van der Waals surface area (Å²) in [7, 11) is 0. The lowest BCUT2D eigenvalue weighted by atomic mass is 10.0. The van der Waals surface area contributed by atoms with Gasteiger partial charge in [-0.2, -0.15) is 0 Å². The molecule has 0 amide bonds. The second-order valence-electron chi connectivity index (χ2n) is 3.73. The quantitative estimate of drug-likeness (QED) is 0.530. The van der Waals surface area contributed by atoms with Gasteiger partial charge in [-0.3, -0.25) is 0 Å². The molecule has 0 aromatic heterocycles. The van der Waals surface area contributed by atoms with E-state index in [9.17, 15) is 5.11 Å². The molecule has 0 radical (unpaired) electrons. The average Bonchev–Trinajstić information content (AvgIpc) is 2.52. The lowest BCUT2D eigenvalue weighted by Gasteiger charge is -2.17. The van der Waals surface area contributed by atoms with E-state index in [0.29, 0.717) is 6.10 Å². The molecule has 3 atom stereocenters. The third-order valence-electron chi connectivity index (χ3n) is 2.51. The van der Waals surface area contributed by atoms with Gasteiger partial charge in [-0.25, -0.2) is 0 Å². The summed E-state index contributed by atoms with van der Waals surface area (Å²) >= 11 is 0. The molecule has 1 aliphatic heterocycles. The van der Waals surface area contributed by atoms with Crippen LogP contribution in [0.1, 0.15) is 39.0 Å². The molecule has 0 aromatic carbocycles. The number of hydrogen-bond donors (Lipinski definition) is 1. The second kappa shape index (κ2) is 5.26. The van der Waals surface area contributed by atoms with Crippen LogP contribution in [-0.2, 0) is 4.74 Å². The molecule has 0 spiro atoms. The van der Waals surface area contributed by atoms with Gasteiger partial charge in [-0.1, -0.05) is 0 Å². The van der Waals surface area contributed by atoms with Crippen LogP contribution in [0, 0.1) is 12.3 Å². The third-order valence-corrected chi connectivity index (χ3v) is 2.51. The van der Waals surface area contributed by atoms with E-state index in [1.54, 1.807) is 0 Å². The molecule has 2 nitrogen and oxygen atoms in total. The number of aliphatic hydroxyl groups excluding tert-OH is 1. The molecule has 0 aromatic rings. The van der Waals surface area contributed by atoms with Crippen molar-refractivity contribution in [3.63, 3.8) is 0 Å². The van der Waals surface area contributed by atoms with Gasteiger partial charge >= 0.3 is 0 Å². The van der Waals surface area contributed by atoms with E-state index in [0.717, 1.165) is 32.1 Å². The van der Waals surface area contributed by atoms with Crippen LogP contribution in [0.5, 0.6) is 0 Å². The van der Waals surface area contributed by atoms with E-state index in [4.69, 9.17) is 11.2 Å². The first-order chi connectivity index (χ1) is 6.24. The van der Waals surface area contributed by atoms with Crippen LogP contribution in [0.4, 0.5) is 0 Å². The van der Waals surface area contributed by atoms with E-state index in [-0.39, 0.29) is 12.2 Å². The largest absolute Gasteiger partial charge is 0.390 e. The molecule has 13 heavy (non-hydrogen) atoms. The van der Waals surface area contributed by atoms with Gasteiger partial charge in [-0.05, 0) is 32.6 Å². The van der Waals surface area contributed by atoms with E-state index in [1.807, 2.05) is 6.92 Å². The van der Waals surface area contributed by atoms with Gasteiger partial charge in [0.15, 0.2) is 0 Å². The van der Waals surface area contributed by atoms with Crippen LogP contribution in [0.25, 0.3) is 0 Å². The van der Waals surface area contributed by atoms with Crippen LogP contribution in [0.2, 0.25) is 0 Å². The molecule has 1 N–H and O–H groups in total. The normalized spacial score (nSPS) is 29.9. The Bertz CT molecular complexity index is 183. The maximum atomic E-state index is 9.70. The molecule has 0 aliphatic carbocycles. The van der Waals surface area contributed by atoms with Crippen molar-refractivity contribution in [2.45, 2.75) is 57.3 Å². The Morgan fingerprint density at radius 1 is 1.62 bits per heavy atom. The Morgan fingerprint density at radius 3 is 2.92 bits per heavy atom. The molecule has 1 fully saturated rings. The van der Waals surface area contributed by atoms with Crippen LogP contribution < -0.4 is 0 Å². The van der Waals surface area contributed by atoms with Crippen LogP contribution >= 0.6 is 0 Å². The van der Waals surface area contributed by atoms with Gasteiger partial charge in [0.1, 0.15) is 0 Å². The van der Waals surface area contributed by atoms with Crippen LogP contribution in [-0.4, -0.2) is 23.4 Å². The Morgan fingerprint density at radius 2 is 2.38 bits per heavy atom. The smallest absolute Gasteiger partial charge is 0.0838 e. The Kier molecular flexibility index (Phi) is 4.27. The predicted octanol–water partition coefficient (Wildman–Crippen LogP) is 1.72. The molecular formula is C11H18O2. The molecule has 2 heteroatoms. The fourth-order valence-electron chi connectivity index (χ4n) is 1.72. The molecule has 0 bridgehead atoms. The number of unbranched alkanes of at least 4 members (excludes halogenated alkanes) is 1. The maximum absolute atomic E-state index is 9.70. The highest BCUT2D eigenvalue weighted by atomic mass is 16.5. The zero-order valence-corrected chi connectivity index (χ0v) is 8.20. The zero-order valence-electron chi connectivity index (χ0n) is 8.20. The van der Waals surface area contributed by atoms with Crippen molar-refractivity contribution >= 4 is 0 Å². The van der Waals surface area contributed by atoms with Gasteiger partial charge in [-0.15, -0.1) is 12.3 Å². The van der Waals surface area contributed by atoms with Gasteiger partial charge in [0.05, 0.1) is 18.3 Å². The highest BCUT2D eigenvalue weighted by Gasteiger charge is 2.27. The van der Waals surface area contributed by atoms with Gasteiger partial charge < -0.3 is 9.84 Å². The summed E-state index contributed by atoms with van der Waals surface area (Å²) in [5.74, 6) is 2.57. The van der Waals surface area contributed by atoms with E-state index >= 15 is 0 Å². The fraction of sp³-hybridized carbons (Fsp3) is 0.818. The molecule has 1 aliphatic rings. The van der Waals surface area contributed by atoms with Crippen molar-refractivity contribution in [3.05, 3.63) is 0 Å². The van der Waals surface area contributed by atoms with Crippen molar-refractivity contribution in [1.82, 2.24) is 0 Å². The molecule has 3 unspecified atom stereocenters. The Labute approximate surface area is 80.3 Å². The minimum atomic E-state index is -0.321. The van der Waals surface area contributed by atoms with Crippen LogP contribution in [0.3, 0.4) is 0 Å². The fourth-order valence-corrected chi connectivity index (χ4v) is 1.72. The highest BCUT2D eigenvalue weighted by molar-refractivity contribution is 4.84. The minimum absolute atomic E-state index is 0.0489. The second-order valence-corrected chi connectivity index (χ2v) is 3.73. The molecule has 1 rings (SSSR count). The Hall–Kier alpha value is -0.520. The Balaban J connectivity index is 2.16. The van der Waals surface area contributed by atoms with Gasteiger partial charge in [0.25, 0.3) is 0 Å². The maximum Gasteiger partial charge on any atom is 0.0838 e. The van der Waals surface area contributed by atoms with Gasteiger partial charge in [0, 0.05) is 6.42 Å². The lowest BCUT2D eigenvalue weighted by Crippen LogP contribution is -2.25. The minimum Gasteiger partial charge on any atom is -0.390 e. The summed E-state index contributed by atoms with van der Waals surface area (Å²) in [6.45, 7) is 2.05. The lowest BCUT2D eigenvalue weighted by molar-refractivity contribution is -0.0318. The number of rotatable bonds is 4. The summed E-state index contributed by atoms with van der Waals surface area (Å²) in [5.41, 5.74) is 0. The average molecular weight is 182 g/mol. The first kappa shape index (κ1) is 10.6. The number of ether oxygens (including phenoxy) is 1. The number of aliphatic hydroxyl groups is 1. The van der Waals surface area contributed by atoms with E-state index in [2.05, 4.69) is 5.92 Å². The SMILES string of the molecule is C#CCCCC(O)C1CCC(C)O1. The number of hydrogen-bond acceptors (Lipinski definition) is 2. The summed E-state index contributed by atoms with van der Waals surface area (Å²) in [5, 5.41) is 9.70. The summed E-state index contributed by atoms with van der Waals surface area (Å²) in [6.07, 6.45) is 9.63. The van der Waals surface area contributed by atoms with E-state index < -0.39 is 0 Å².